The molecule has 16 heteroatoms. The second kappa shape index (κ2) is 10.7. The third kappa shape index (κ3) is 6.66. The topological polar surface area (TPSA) is 116 Å². The number of halogens is 7. The van der Waals surface area contributed by atoms with Crippen LogP contribution in [-0.2, 0) is 40.5 Å². The maximum Gasteiger partial charge on any atom is 0.468 e. The number of carbonyl (C=O) groups is 2. The van der Waals surface area contributed by atoms with Crippen molar-refractivity contribution < 1.29 is 67.5 Å². The molecule has 0 aliphatic rings. The fourth-order valence-corrected chi connectivity index (χ4v) is 2.71. The lowest BCUT2D eigenvalue weighted by Crippen LogP contribution is -2.58. The van der Waals surface area contributed by atoms with Crippen molar-refractivity contribution in [3.05, 3.63) is 48.6 Å². The van der Waals surface area contributed by atoms with Crippen LogP contribution in [0.5, 0.6) is 0 Å². The van der Waals surface area contributed by atoms with Gasteiger partial charge in [-0.25, -0.2) is 9.59 Å². The summed E-state index contributed by atoms with van der Waals surface area (Å²) in [6.07, 6.45) is -9.15. The van der Waals surface area contributed by atoms with Gasteiger partial charge in [-0.1, -0.05) is 36.9 Å². The summed E-state index contributed by atoms with van der Waals surface area (Å²) in [5.41, 5.74) is 0.203. The van der Waals surface area contributed by atoms with Crippen LogP contribution in [0.1, 0.15) is 18.4 Å². The summed E-state index contributed by atoms with van der Waals surface area (Å²) in [6.45, 7) is 0.519. The Morgan fingerprint density at radius 1 is 1.03 bits per heavy atom. The molecule has 0 saturated heterocycles. The van der Waals surface area contributed by atoms with E-state index < -0.39 is 71.3 Å². The molecule has 0 spiro atoms. The molecule has 1 atom stereocenters. The maximum atomic E-state index is 13.7. The molecule has 1 aromatic carbocycles. The molecular formula is C18H17F7O8S. The van der Waals surface area contributed by atoms with Crippen LogP contribution in [0.4, 0.5) is 30.7 Å². The predicted octanol–water partition coefficient (Wildman–Crippen LogP) is 3.63. The lowest BCUT2D eigenvalue weighted by atomic mass is 10.2. The normalized spacial score (nSPS) is 14.7. The van der Waals surface area contributed by atoms with Crippen molar-refractivity contribution >= 4 is 22.1 Å². The average Bonchev–Trinajstić information content (AvgIpc) is 2.72. The largest absolute Gasteiger partial charge is 0.468 e. The Labute approximate surface area is 188 Å². The van der Waals surface area contributed by atoms with Crippen molar-refractivity contribution in [3.63, 3.8) is 0 Å². The van der Waals surface area contributed by atoms with Gasteiger partial charge in [-0.15, -0.1) is 0 Å². The second-order valence-corrected chi connectivity index (χ2v) is 7.91. The molecule has 8 nitrogen and oxygen atoms in total. The molecule has 0 heterocycles. The minimum atomic E-state index is -6.57. The van der Waals surface area contributed by atoms with Crippen LogP contribution >= 0.6 is 0 Å². The van der Waals surface area contributed by atoms with Gasteiger partial charge in [-0.05, 0) is 12.0 Å². The molecule has 1 unspecified atom stereocenters. The summed E-state index contributed by atoms with van der Waals surface area (Å²) < 4.78 is 137. The molecular weight excluding hydrogens is 509 g/mol. The zero-order chi connectivity index (χ0) is 26.4. The highest BCUT2D eigenvalue weighted by molar-refractivity contribution is 7.87. The Kier molecular flexibility index (Phi) is 9.22. The van der Waals surface area contributed by atoms with Gasteiger partial charge in [-0.2, -0.15) is 39.2 Å². The number of rotatable bonds is 12. The Hall–Kier alpha value is -2.72. The first-order valence-electron chi connectivity index (χ1n) is 8.91. The van der Waals surface area contributed by atoms with Crippen LogP contribution in [0.25, 0.3) is 0 Å². The highest BCUT2D eigenvalue weighted by Crippen LogP contribution is 2.42. The lowest BCUT2D eigenvalue weighted by molar-refractivity contribution is -0.355. The Morgan fingerprint density at radius 3 is 2.06 bits per heavy atom. The predicted molar refractivity (Wildman–Crippen MR) is 97.9 cm³/mol. The monoisotopic (exact) mass is 526 g/mol. The molecule has 0 aromatic heterocycles. The van der Waals surface area contributed by atoms with Gasteiger partial charge in [0, 0.05) is 12.5 Å². The standard InChI is InChI=1S/C18H17F7O8S/c1-2-13(26)33-16(17(21,22)23,14(27)31-11-12-7-4-3-5-8-12)32-10-6-9-15(19,20)18(24,25)34(28,29)30/h2-5,7-8H,1,6,9-11H2,(H,28,29,30). The van der Waals surface area contributed by atoms with E-state index in [9.17, 15) is 48.7 Å². The number of alkyl halides is 7. The number of esters is 2. The Bertz CT molecular complexity index is 980. The number of benzene rings is 1. The fourth-order valence-electron chi connectivity index (χ4n) is 2.23. The summed E-state index contributed by atoms with van der Waals surface area (Å²) in [4.78, 5) is 23.7. The van der Waals surface area contributed by atoms with Gasteiger partial charge in [-0.3, -0.25) is 4.55 Å². The molecule has 0 aliphatic heterocycles. The van der Waals surface area contributed by atoms with Crippen molar-refractivity contribution in [3.8, 4) is 0 Å². The van der Waals surface area contributed by atoms with E-state index in [-0.39, 0.29) is 11.6 Å². The van der Waals surface area contributed by atoms with Gasteiger partial charge in [0.05, 0.1) is 6.61 Å². The summed E-state index contributed by atoms with van der Waals surface area (Å²) in [7, 11) is -6.57. The smallest absolute Gasteiger partial charge is 0.456 e. The van der Waals surface area contributed by atoms with Crippen molar-refractivity contribution in [2.45, 2.75) is 42.6 Å². The highest BCUT2D eigenvalue weighted by atomic mass is 32.2. The summed E-state index contributed by atoms with van der Waals surface area (Å²) in [5, 5.41) is -5.97. The maximum absolute atomic E-state index is 13.7. The van der Waals surface area contributed by atoms with Crippen LogP contribution in [0.15, 0.2) is 43.0 Å². The van der Waals surface area contributed by atoms with Crippen molar-refractivity contribution in [2.75, 3.05) is 6.61 Å². The Balaban J connectivity index is 3.10. The first kappa shape index (κ1) is 29.3. The number of carbonyl (C=O) groups excluding carboxylic acids is 2. The van der Waals surface area contributed by atoms with Gasteiger partial charge in [0.15, 0.2) is 0 Å². The first-order valence-corrected chi connectivity index (χ1v) is 10.3. The molecule has 34 heavy (non-hydrogen) atoms. The van der Waals surface area contributed by atoms with Gasteiger partial charge in [0.2, 0.25) is 0 Å². The van der Waals surface area contributed by atoms with Gasteiger partial charge < -0.3 is 14.2 Å². The molecule has 0 radical (unpaired) electrons. The van der Waals surface area contributed by atoms with Crippen molar-refractivity contribution in [2.24, 2.45) is 0 Å². The van der Waals surface area contributed by atoms with Crippen LogP contribution in [-0.4, -0.2) is 54.7 Å². The van der Waals surface area contributed by atoms with Crippen molar-refractivity contribution in [1.82, 2.24) is 0 Å². The van der Waals surface area contributed by atoms with Crippen molar-refractivity contribution in [1.29, 1.82) is 0 Å². The summed E-state index contributed by atoms with van der Waals surface area (Å²) in [5.74, 6) is -14.1. The zero-order valence-electron chi connectivity index (χ0n) is 16.9. The third-order valence-corrected chi connectivity index (χ3v) is 4.90. The second-order valence-electron chi connectivity index (χ2n) is 6.45. The molecule has 0 aliphatic carbocycles. The molecule has 1 N–H and O–H groups in total. The first-order chi connectivity index (χ1) is 15.4. The molecule has 1 aromatic rings. The lowest BCUT2D eigenvalue weighted by Gasteiger charge is -2.32. The van der Waals surface area contributed by atoms with E-state index in [0.717, 1.165) is 0 Å². The molecule has 0 bridgehead atoms. The van der Waals surface area contributed by atoms with Crippen LogP contribution in [0, 0.1) is 0 Å². The molecule has 0 amide bonds. The molecule has 0 fully saturated rings. The highest BCUT2D eigenvalue weighted by Gasteiger charge is 2.68. The minimum absolute atomic E-state index is 0.203. The van der Waals surface area contributed by atoms with Gasteiger partial charge in [0.25, 0.3) is 0 Å². The zero-order valence-corrected chi connectivity index (χ0v) is 17.7. The van der Waals surface area contributed by atoms with E-state index in [1.165, 1.54) is 24.3 Å². The number of ether oxygens (including phenoxy) is 3. The summed E-state index contributed by atoms with van der Waals surface area (Å²) >= 11 is 0. The number of hydrogen-bond acceptors (Lipinski definition) is 7. The molecule has 1 rings (SSSR count). The van der Waals surface area contributed by atoms with Crippen LogP contribution in [0.3, 0.4) is 0 Å². The van der Waals surface area contributed by atoms with Crippen LogP contribution < -0.4 is 0 Å². The molecule has 192 valence electrons. The van der Waals surface area contributed by atoms with E-state index in [2.05, 4.69) is 20.8 Å². The Morgan fingerprint density at radius 2 is 1.59 bits per heavy atom. The van der Waals surface area contributed by atoms with E-state index in [1.54, 1.807) is 6.07 Å². The molecule has 0 saturated carbocycles. The van der Waals surface area contributed by atoms with E-state index in [4.69, 9.17) is 4.55 Å². The third-order valence-electron chi connectivity index (χ3n) is 3.96. The van der Waals surface area contributed by atoms with E-state index >= 15 is 0 Å². The summed E-state index contributed by atoms with van der Waals surface area (Å²) in [6, 6.07) is 7.17. The minimum Gasteiger partial charge on any atom is -0.456 e. The average molecular weight is 526 g/mol. The SMILES string of the molecule is C=CC(=O)OC(OCCCC(F)(F)C(F)(F)S(=O)(=O)O)(C(=O)OCc1ccccc1)C(F)(F)F. The van der Waals surface area contributed by atoms with E-state index in [0.29, 0.717) is 0 Å². The van der Waals surface area contributed by atoms with Crippen LogP contribution in [0.2, 0.25) is 0 Å². The van der Waals surface area contributed by atoms with E-state index in [1.807, 2.05) is 0 Å². The fraction of sp³-hybridized carbons (Fsp3) is 0.444. The van der Waals surface area contributed by atoms with Gasteiger partial charge >= 0.3 is 45.2 Å². The van der Waals surface area contributed by atoms with Gasteiger partial charge in [0.1, 0.15) is 6.61 Å². The number of hydrogen-bond donors (Lipinski definition) is 1. The quantitative estimate of drug-likeness (QED) is 0.110.